The summed E-state index contributed by atoms with van der Waals surface area (Å²) in [5, 5.41) is 9.88. The highest BCUT2D eigenvalue weighted by atomic mass is 32.3. The molecule has 0 radical (unpaired) electrons. The summed E-state index contributed by atoms with van der Waals surface area (Å²) in [6.45, 7) is 10.4. The van der Waals surface area contributed by atoms with Crippen LogP contribution in [0.5, 0.6) is 0 Å². The highest BCUT2D eigenvalue weighted by Crippen LogP contribution is 2.23. The van der Waals surface area contributed by atoms with Gasteiger partial charge in [-0.05, 0) is 26.2 Å². The molecule has 0 bridgehead atoms. The first-order valence-corrected chi connectivity index (χ1v) is 23.3. The van der Waals surface area contributed by atoms with Gasteiger partial charge in [-0.3, -0.25) is 8.67 Å². The molecule has 7 nitrogen and oxygen atoms in total. The lowest BCUT2D eigenvalue weighted by Gasteiger charge is -2.34. The first-order chi connectivity index (χ1) is 24.3. The number of hydrogen-bond acceptors (Lipinski definition) is 6. The minimum atomic E-state index is -4.42. The second-order valence-corrected chi connectivity index (χ2v) is 16.2. The summed E-state index contributed by atoms with van der Waals surface area (Å²) >= 11 is 0. The van der Waals surface area contributed by atoms with E-state index in [4.69, 9.17) is 4.99 Å². The number of nitrogens with zero attached hydrogens (tertiary/aromatic N) is 2. The lowest BCUT2D eigenvalue weighted by atomic mass is 10.0. The van der Waals surface area contributed by atoms with Crippen LogP contribution in [-0.2, 0) is 14.6 Å². The second-order valence-electron chi connectivity index (χ2n) is 15.2. The zero-order valence-corrected chi connectivity index (χ0v) is 34.6. The fourth-order valence-corrected chi connectivity index (χ4v) is 7.80. The second kappa shape index (κ2) is 36.8. The van der Waals surface area contributed by atoms with Gasteiger partial charge in [0.2, 0.25) is 10.4 Å². The van der Waals surface area contributed by atoms with E-state index in [9.17, 15) is 18.1 Å². The van der Waals surface area contributed by atoms with E-state index in [1.807, 2.05) is 0 Å². The monoisotopic (exact) mass is 731 g/mol. The molecule has 0 saturated carbocycles. The number of amidine groups is 1. The zero-order valence-electron chi connectivity index (χ0n) is 33.8. The van der Waals surface area contributed by atoms with Gasteiger partial charge in [0.1, 0.15) is 13.1 Å². The molecule has 0 fully saturated rings. The Kier molecular flexibility index (Phi) is 36.4. The molecule has 50 heavy (non-hydrogen) atoms. The highest BCUT2D eigenvalue weighted by Gasteiger charge is 2.36. The van der Waals surface area contributed by atoms with Crippen molar-refractivity contribution in [1.82, 2.24) is 0 Å². The van der Waals surface area contributed by atoms with E-state index >= 15 is 0 Å². The van der Waals surface area contributed by atoms with Crippen LogP contribution in [0, 0.1) is 0 Å². The Morgan fingerprint density at radius 2 is 0.900 bits per heavy atom. The van der Waals surface area contributed by atoms with E-state index in [1.54, 1.807) is 0 Å². The van der Waals surface area contributed by atoms with Crippen LogP contribution >= 0.6 is 0 Å². The van der Waals surface area contributed by atoms with E-state index in [1.165, 1.54) is 218 Å². The maximum Gasteiger partial charge on any atom is 0.217 e. The maximum absolute atomic E-state index is 9.88. The molecule has 1 atom stereocenters. The van der Waals surface area contributed by atoms with Crippen molar-refractivity contribution >= 4 is 16.2 Å². The summed E-state index contributed by atoms with van der Waals surface area (Å²) < 4.78 is 33.0. The van der Waals surface area contributed by atoms with Crippen molar-refractivity contribution in [2.45, 2.75) is 226 Å². The number of aliphatic hydroxyl groups excluding tert-OH is 1. The smallest absolute Gasteiger partial charge is 0.217 e. The number of hydrogen-bond donors (Lipinski definition) is 1. The first kappa shape index (κ1) is 49.5. The lowest BCUT2D eigenvalue weighted by Crippen LogP contribution is -2.53. The summed E-state index contributed by atoms with van der Waals surface area (Å²) in [6, 6.07) is 0. The third kappa shape index (κ3) is 32.1. The molecule has 8 heteroatoms. The molecule has 1 aliphatic heterocycles. The standard InChI is InChI=1S/C40H81N2O.C2H6O4S/c1-3-5-7-9-11-13-15-17-19-21-23-25-27-29-31-33-36-42(38-39-43)37-35-41-40(42)34-32-30-28-26-24-22-20-18-16-14-12-10-8-6-4-2;1-2-6-7(3,4)5/h43H,3-39H2,1-2H3;2H2,1H3,(H,3,4,5)/q+1;/p-1. The largest absolute Gasteiger partial charge is 0.726 e. The average Bonchev–Trinajstić information content (AvgIpc) is 3.48. The Hall–Kier alpha value is -0.540. The molecular formula is C42H86N2O5S. The Morgan fingerprint density at radius 1 is 0.560 bits per heavy atom. The van der Waals surface area contributed by atoms with E-state index in [-0.39, 0.29) is 6.61 Å². The minimum Gasteiger partial charge on any atom is -0.726 e. The molecule has 0 spiro atoms. The molecule has 0 saturated heterocycles. The minimum absolute atomic E-state index is 0.0914. The quantitative estimate of drug-likeness (QED) is 0.0297. The van der Waals surface area contributed by atoms with Crippen molar-refractivity contribution in [3.63, 3.8) is 0 Å². The van der Waals surface area contributed by atoms with Crippen LogP contribution < -0.4 is 0 Å². The van der Waals surface area contributed by atoms with E-state index < -0.39 is 10.4 Å². The topological polar surface area (TPSA) is 99.0 Å². The summed E-state index contributed by atoms with van der Waals surface area (Å²) in [7, 11) is -4.42. The third-order valence-corrected chi connectivity index (χ3v) is 11.1. The van der Waals surface area contributed by atoms with Gasteiger partial charge in [-0.25, -0.2) is 13.4 Å². The van der Waals surface area contributed by atoms with E-state index in [0.29, 0.717) is 6.61 Å². The average molecular weight is 731 g/mol. The van der Waals surface area contributed by atoms with E-state index in [0.717, 1.165) is 30.5 Å². The number of aliphatic imine (C=N–C) groups is 1. The third-order valence-electron chi connectivity index (χ3n) is 10.6. The summed E-state index contributed by atoms with van der Waals surface area (Å²) in [4.78, 5) is 4.98. The molecule has 1 rings (SSSR count). The van der Waals surface area contributed by atoms with Crippen LogP contribution in [-0.4, -0.2) is 67.8 Å². The van der Waals surface area contributed by atoms with Crippen molar-refractivity contribution in [2.75, 3.05) is 39.4 Å². The van der Waals surface area contributed by atoms with Gasteiger partial charge >= 0.3 is 0 Å². The van der Waals surface area contributed by atoms with Gasteiger partial charge < -0.3 is 9.66 Å². The Bertz CT molecular complexity index is 838. The van der Waals surface area contributed by atoms with Crippen molar-refractivity contribution in [3.05, 3.63) is 0 Å². The normalized spacial score (nSPS) is 16.1. The molecule has 0 aromatic rings. The molecule has 300 valence electrons. The van der Waals surface area contributed by atoms with Crippen LogP contribution in [0.15, 0.2) is 4.99 Å². The van der Waals surface area contributed by atoms with Gasteiger partial charge in [0.25, 0.3) is 0 Å². The number of aliphatic hydroxyl groups is 1. The van der Waals surface area contributed by atoms with Gasteiger partial charge in [-0.2, -0.15) is 0 Å². The first-order valence-electron chi connectivity index (χ1n) is 22.0. The molecule has 1 heterocycles. The molecule has 0 aliphatic carbocycles. The van der Waals surface area contributed by atoms with Crippen molar-refractivity contribution in [3.8, 4) is 0 Å². The van der Waals surface area contributed by atoms with Gasteiger partial charge in [-0.15, -0.1) is 0 Å². The van der Waals surface area contributed by atoms with Gasteiger partial charge in [0.05, 0.1) is 26.3 Å². The highest BCUT2D eigenvalue weighted by molar-refractivity contribution is 7.80. The molecule has 0 aromatic carbocycles. The molecule has 0 aromatic heterocycles. The van der Waals surface area contributed by atoms with Crippen molar-refractivity contribution in [2.24, 2.45) is 4.99 Å². The Labute approximate surface area is 312 Å². The number of quaternary nitrogens is 1. The van der Waals surface area contributed by atoms with Gasteiger partial charge in [0.15, 0.2) is 5.84 Å². The summed E-state index contributed by atoms with van der Waals surface area (Å²) in [5.41, 5.74) is 0. The van der Waals surface area contributed by atoms with Crippen LogP contribution in [0.25, 0.3) is 0 Å². The molecular weight excluding hydrogens is 645 g/mol. The van der Waals surface area contributed by atoms with Crippen molar-refractivity contribution in [1.29, 1.82) is 0 Å². The predicted octanol–water partition coefficient (Wildman–Crippen LogP) is 12.2. The lowest BCUT2D eigenvalue weighted by molar-refractivity contribution is -0.837. The fourth-order valence-electron chi connectivity index (χ4n) is 7.51. The molecule has 0 amide bonds. The van der Waals surface area contributed by atoms with Crippen LogP contribution in [0.1, 0.15) is 226 Å². The molecule has 1 N–H and O–H groups in total. The number of rotatable bonds is 37. The Morgan fingerprint density at radius 3 is 1.20 bits per heavy atom. The molecule has 1 aliphatic rings. The number of unbranched alkanes of at least 4 members (excludes halogenated alkanes) is 29. The van der Waals surface area contributed by atoms with Crippen molar-refractivity contribution < 1.29 is 26.7 Å². The van der Waals surface area contributed by atoms with E-state index in [2.05, 4.69) is 18.0 Å². The molecule has 1 unspecified atom stereocenters. The van der Waals surface area contributed by atoms with Crippen LogP contribution in [0.2, 0.25) is 0 Å². The summed E-state index contributed by atoms with van der Waals surface area (Å²) in [6.07, 6.45) is 45.3. The van der Waals surface area contributed by atoms with Crippen LogP contribution in [0.3, 0.4) is 0 Å². The fraction of sp³-hybridized carbons (Fsp3) is 0.976. The predicted molar refractivity (Wildman–Crippen MR) is 215 cm³/mol. The Balaban J connectivity index is 0.00000308. The maximum atomic E-state index is 9.88. The zero-order chi connectivity index (χ0) is 36.9. The summed E-state index contributed by atoms with van der Waals surface area (Å²) in [5.74, 6) is 1.42. The van der Waals surface area contributed by atoms with Crippen LogP contribution in [0.4, 0.5) is 0 Å². The van der Waals surface area contributed by atoms with Gasteiger partial charge in [0, 0.05) is 6.42 Å². The van der Waals surface area contributed by atoms with Gasteiger partial charge in [-0.1, -0.05) is 194 Å². The SMILES string of the molecule is CCCCCCCCCCCCCCCCCC[N+]1(CCO)CCN=C1CCCCCCCCCCCCCCCCC.CCOS(=O)(=O)[O-].